The third-order valence-corrected chi connectivity index (χ3v) is 4.14. The van der Waals surface area contributed by atoms with Crippen molar-refractivity contribution in [2.75, 3.05) is 6.61 Å². The first-order valence-corrected chi connectivity index (χ1v) is 8.92. The first-order chi connectivity index (χ1) is 12.3. The van der Waals surface area contributed by atoms with Gasteiger partial charge in [0.05, 0.1) is 4.47 Å². The molecule has 0 saturated heterocycles. The Bertz CT molecular complexity index is 783. The van der Waals surface area contributed by atoms with E-state index >= 15 is 0 Å². The SMILES string of the molecule is Cc1ccc(OCC(=O)NNC(=O)C(C)Oc2ccc(Cl)cc2Br)cc1. The van der Waals surface area contributed by atoms with Crippen molar-refractivity contribution in [1.82, 2.24) is 10.9 Å². The zero-order valence-electron chi connectivity index (χ0n) is 14.2. The molecule has 0 radical (unpaired) electrons. The monoisotopic (exact) mass is 440 g/mol. The quantitative estimate of drug-likeness (QED) is 0.674. The molecular formula is C18H18BrClN2O4. The number of aryl methyl sites for hydroxylation is 1. The topological polar surface area (TPSA) is 76.7 Å². The normalized spacial score (nSPS) is 11.4. The van der Waals surface area contributed by atoms with Gasteiger partial charge < -0.3 is 9.47 Å². The lowest BCUT2D eigenvalue weighted by atomic mass is 10.2. The van der Waals surface area contributed by atoms with Gasteiger partial charge in [-0.15, -0.1) is 0 Å². The Morgan fingerprint density at radius 2 is 1.85 bits per heavy atom. The minimum atomic E-state index is -0.828. The third-order valence-electron chi connectivity index (χ3n) is 3.28. The number of amides is 2. The van der Waals surface area contributed by atoms with Crippen molar-refractivity contribution in [3.05, 3.63) is 57.5 Å². The number of nitrogens with one attached hydrogen (secondary N) is 2. The van der Waals surface area contributed by atoms with Crippen LogP contribution in [0.25, 0.3) is 0 Å². The molecule has 0 heterocycles. The van der Waals surface area contributed by atoms with Crippen LogP contribution in [-0.2, 0) is 9.59 Å². The van der Waals surface area contributed by atoms with Gasteiger partial charge in [0.15, 0.2) is 12.7 Å². The smallest absolute Gasteiger partial charge is 0.279 e. The Labute approximate surface area is 164 Å². The van der Waals surface area contributed by atoms with E-state index in [2.05, 4.69) is 26.8 Å². The molecule has 0 aliphatic heterocycles. The van der Waals surface area contributed by atoms with E-state index in [1.54, 1.807) is 37.3 Å². The highest BCUT2D eigenvalue weighted by molar-refractivity contribution is 9.10. The van der Waals surface area contributed by atoms with Crippen LogP contribution in [-0.4, -0.2) is 24.5 Å². The molecule has 0 saturated carbocycles. The van der Waals surface area contributed by atoms with Gasteiger partial charge in [-0.25, -0.2) is 0 Å². The van der Waals surface area contributed by atoms with Gasteiger partial charge in [-0.2, -0.15) is 0 Å². The van der Waals surface area contributed by atoms with E-state index in [4.69, 9.17) is 21.1 Å². The maximum absolute atomic E-state index is 12.0. The van der Waals surface area contributed by atoms with E-state index in [1.165, 1.54) is 0 Å². The molecule has 0 spiro atoms. The van der Waals surface area contributed by atoms with Crippen LogP contribution in [0.3, 0.4) is 0 Å². The molecule has 0 aliphatic rings. The van der Waals surface area contributed by atoms with Crippen molar-refractivity contribution in [2.45, 2.75) is 20.0 Å². The summed E-state index contributed by atoms with van der Waals surface area (Å²) >= 11 is 9.16. The molecule has 2 amide bonds. The highest BCUT2D eigenvalue weighted by Crippen LogP contribution is 2.28. The summed E-state index contributed by atoms with van der Waals surface area (Å²) in [6.07, 6.45) is -0.828. The minimum absolute atomic E-state index is 0.221. The van der Waals surface area contributed by atoms with Crippen LogP contribution in [0.4, 0.5) is 0 Å². The number of hydrazine groups is 1. The average Bonchev–Trinajstić information content (AvgIpc) is 2.61. The predicted octanol–water partition coefficient (Wildman–Crippen LogP) is 3.40. The molecular weight excluding hydrogens is 424 g/mol. The van der Waals surface area contributed by atoms with Gasteiger partial charge in [-0.3, -0.25) is 20.4 Å². The molecule has 0 fully saturated rings. The zero-order valence-corrected chi connectivity index (χ0v) is 16.6. The molecule has 2 N–H and O–H groups in total. The number of ether oxygens (including phenoxy) is 2. The van der Waals surface area contributed by atoms with Crippen LogP contribution in [0.5, 0.6) is 11.5 Å². The third kappa shape index (κ3) is 6.24. The van der Waals surface area contributed by atoms with Crippen molar-refractivity contribution in [1.29, 1.82) is 0 Å². The number of rotatable bonds is 6. The lowest BCUT2D eigenvalue weighted by Gasteiger charge is -2.16. The van der Waals surface area contributed by atoms with Gasteiger partial charge in [-0.1, -0.05) is 29.3 Å². The first-order valence-electron chi connectivity index (χ1n) is 7.75. The highest BCUT2D eigenvalue weighted by atomic mass is 79.9. The Morgan fingerprint density at radius 3 is 2.50 bits per heavy atom. The van der Waals surface area contributed by atoms with Crippen LogP contribution in [0.1, 0.15) is 12.5 Å². The molecule has 26 heavy (non-hydrogen) atoms. The van der Waals surface area contributed by atoms with Gasteiger partial charge in [0.25, 0.3) is 11.8 Å². The number of hydrogen-bond acceptors (Lipinski definition) is 4. The zero-order chi connectivity index (χ0) is 19.1. The van der Waals surface area contributed by atoms with E-state index in [9.17, 15) is 9.59 Å². The summed E-state index contributed by atoms with van der Waals surface area (Å²) in [6, 6.07) is 12.2. The van der Waals surface area contributed by atoms with Crippen molar-refractivity contribution in [3.8, 4) is 11.5 Å². The number of hydrogen-bond donors (Lipinski definition) is 2. The summed E-state index contributed by atoms with van der Waals surface area (Å²) in [4.78, 5) is 23.8. The number of halogens is 2. The van der Waals surface area contributed by atoms with Gasteiger partial charge in [-0.05, 0) is 60.1 Å². The average molecular weight is 442 g/mol. The fraction of sp³-hybridized carbons (Fsp3) is 0.222. The van der Waals surface area contributed by atoms with Crippen LogP contribution < -0.4 is 20.3 Å². The van der Waals surface area contributed by atoms with E-state index < -0.39 is 17.9 Å². The summed E-state index contributed by atoms with van der Waals surface area (Å²) in [5.74, 6) is 0.0433. The minimum Gasteiger partial charge on any atom is -0.484 e. The fourth-order valence-electron chi connectivity index (χ4n) is 1.87. The van der Waals surface area contributed by atoms with Crippen molar-refractivity contribution >= 4 is 39.3 Å². The summed E-state index contributed by atoms with van der Waals surface area (Å²) in [5, 5.41) is 0.544. The van der Waals surface area contributed by atoms with Crippen LogP contribution in [0.15, 0.2) is 46.9 Å². The predicted molar refractivity (Wildman–Crippen MR) is 102 cm³/mol. The summed E-state index contributed by atoms with van der Waals surface area (Å²) in [7, 11) is 0. The second-order valence-electron chi connectivity index (χ2n) is 5.47. The Hall–Kier alpha value is -2.25. The van der Waals surface area contributed by atoms with E-state index in [1.807, 2.05) is 19.1 Å². The Balaban J connectivity index is 1.76. The number of carbonyl (C=O) groups excluding carboxylic acids is 2. The van der Waals surface area contributed by atoms with Gasteiger partial charge in [0.2, 0.25) is 0 Å². The largest absolute Gasteiger partial charge is 0.484 e. The molecule has 0 bridgehead atoms. The van der Waals surface area contributed by atoms with Crippen LogP contribution >= 0.6 is 27.5 Å². The second-order valence-corrected chi connectivity index (χ2v) is 6.76. The highest BCUT2D eigenvalue weighted by Gasteiger charge is 2.17. The standard InChI is InChI=1S/C18H18BrClN2O4/c1-11-3-6-14(7-4-11)25-10-17(23)21-22-18(24)12(2)26-16-8-5-13(20)9-15(16)19/h3-9,12H,10H2,1-2H3,(H,21,23)(H,22,24). The lowest BCUT2D eigenvalue weighted by molar-refractivity contribution is -0.133. The van der Waals surface area contributed by atoms with Crippen LogP contribution in [0.2, 0.25) is 5.02 Å². The molecule has 0 aromatic heterocycles. The molecule has 1 unspecified atom stereocenters. The first kappa shape index (κ1) is 20.1. The summed E-state index contributed by atoms with van der Waals surface area (Å²) < 4.78 is 11.5. The van der Waals surface area contributed by atoms with E-state index in [-0.39, 0.29) is 6.61 Å². The lowest BCUT2D eigenvalue weighted by Crippen LogP contribution is -2.48. The molecule has 8 heteroatoms. The van der Waals surface area contributed by atoms with Gasteiger partial charge >= 0.3 is 0 Å². The molecule has 138 valence electrons. The van der Waals surface area contributed by atoms with Crippen molar-refractivity contribution in [3.63, 3.8) is 0 Å². The van der Waals surface area contributed by atoms with Crippen LogP contribution in [0, 0.1) is 6.92 Å². The summed E-state index contributed by atoms with van der Waals surface area (Å²) in [5.41, 5.74) is 5.66. The molecule has 0 aliphatic carbocycles. The maximum atomic E-state index is 12.0. The molecule has 2 rings (SSSR count). The Kier molecular flexibility index (Phi) is 7.29. The van der Waals surface area contributed by atoms with Crippen molar-refractivity contribution in [2.24, 2.45) is 0 Å². The van der Waals surface area contributed by atoms with Gasteiger partial charge in [0.1, 0.15) is 11.5 Å². The molecule has 2 aromatic carbocycles. The fourth-order valence-corrected chi connectivity index (χ4v) is 2.64. The Morgan fingerprint density at radius 1 is 1.15 bits per heavy atom. The van der Waals surface area contributed by atoms with Crippen molar-refractivity contribution < 1.29 is 19.1 Å². The van der Waals surface area contributed by atoms with Gasteiger partial charge in [0, 0.05) is 5.02 Å². The summed E-state index contributed by atoms with van der Waals surface area (Å²) in [6.45, 7) is 3.30. The van der Waals surface area contributed by atoms with E-state index in [0.29, 0.717) is 21.0 Å². The second kappa shape index (κ2) is 9.45. The molecule has 1 atom stereocenters. The molecule has 2 aromatic rings. The maximum Gasteiger partial charge on any atom is 0.279 e. The number of benzene rings is 2. The molecule has 6 nitrogen and oxygen atoms in total. The number of carbonyl (C=O) groups is 2. The van der Waals surface area contributed by atoms with E-state index in [0.717, 1.165) is 5.56 Å².